The lowest BCUT2D eigenvalue weighted by Crippen LogP contribution is -2.37. The van der Waals surface area contributed by atoms with Crippen molar-refractivity contribution in [2.45, 2.75) is 48.7 Å². The molecule has 1 aromatic rings. The Morgan fingerprint density at radius 2 is 1.65 bits per heavy atom. The third-order valence-corrected chi connectivity index (χ3v) is 10.0. The van der Waals surface area contributed by atoms with Crippen molar-refractivity contribution >= 4 is 55.3 Å². The van der Waals surface area contributed by atoms with E-state index in [1.54, 1.807) is 0 Å². The zero-order valence-corrected chi connectivity index (χ0v) is 20.7. The first-order chi connectivity index (χ1) is 14.9. The number of anilines is 1. The average Bonchev–Trinajstić information content (AvgIpc) is 3.35. The maximum Gasteiger partial charge on any atom is 0.233 e. The largest absolute Gasteiger partial charge is 0.494 e. The number of likely N-dealkylation sites (tertiary alicyclic amines) is 1. The molecule has 2 bridgehead atoms. The standard InChI is InChI=1S/C23H28Br2N2O4/c1-2-31-14-9-7-13(8-10-14)26-17(28)6-4-3-5-11-27-22(29)18-15-12-16(19(18)23(27)30)21(25)20(15)24/h7-10,15-16,18-21H,2-6,11-12H2,1H3,(H,26,28)/t15-,16-,18-,19+,20-,21+/m1/s1. The van der Waals surface area contributed by atoms with Crippen molar-refractivity contribution in [3.05, 3.63) is 24.3 Å². The van der Waals surface area contributed by atoms with Gasteiger partial charge in [0.15, 0.2) is 0 Å². The van der Waals surface area contributed by atoms with E-state index in [1.165, 1.54) is 4.90 Å². The fraction of sp³-hybridized carbons (Fsp3) is 0.609. The van der Waals surface area contributed by atoms with Gasteiger partial charge in [0.25, 0.3) is 0 Å². The van der Waals surface area contributed by atoms with Gasteiger partial charge in [-0.15, -0.1) is 0 Å². The third kappa shape index (κ3) is 4.42. The van der Waals surface area contributed by atoms with Crippen molar-refractivity contribution in [2.75, 3.05) is 18.5 Å². The first-order valence-electron chi connectivity index (χ1n) is 11.1. The molecule has 8 heteroatoms. The van der Waals surface area contributed by atoms with Crippen LogP contribution in [-0.4, -0.2) is 45.4 Å². The zero-order chi connectivity index (χ0) is 22.1. The summed E-state index contributed by atoms with van der Waals surface area (Å²) in [6, 6.07) is 7.32. The number of rotatable bonds is 9. The molecule has 1 aromatic carbocycles. The molecule has 4 rings (SSSR count). The number of benzene rings is 1. The summed E-state index contributed by atoms with van der Waals surface area (Å²) < 4.78 is 5.40. The van der Waals surface area contributed by atoms with Crippen LogP contribution in [0.15, 0.2) is 24.3 Å². The van der Waals surface area contributed by atoms with Crippen molar-refractivity contribution in [1.29, 1.82) is 0 Å². The van der Waals surface area contributed by atoms with Crippen molar-refractivity contribution < 1.29 is 19.1 Å². The van der Waals surface area contributed by atoms with E-state index in [1.807, 2.05) is 31.2 Å². The highest BCUT2D eigenvalue weighted by atomic mass is 79.9. The van der Waals surface area contributed by atoms with E-state index < -0.39 is 0 Å². The second-order valence-corrected chi connectivity index (χ2v) is 10.8. The summed E-state index contributed by atoms with van der Waals surface area (Å²) in [5.41, 5.74) is 0.748. The van der Waals surface area contributed by atoms with Crippen LogP contribution in [0.4, 0.5) is 5.69 Å². The van der Waals surface area contributed by atoms with E-state index in [0.717, 1.165) is 37.1 Å². The van der Waals surface area contributed by atoms with Gasteiger partial charge in [0.1, 0.15) is 5.75 Å². The second-order valence-electron chi connectivity index (χ2n) is 8.65. The summed E-state index contributed by atoms with van der Waals surface area (Å²) >= 11 is 7.42. The summed E-state index contributed by atoms with van der Waals surface area (Å²) in [6.07, 6.45) is 3.64. The number of halogens is 2. The molecule has 0 aromatic heterocycles. The Labute approximate surface area is 199 Å². The van der Waals surface area contributed by atoms with Crippen LogP contribution in [0.3, 0.4) is 0 Å². The Morgan fingerprint density at radius 3 is 2.23 bits per heavy atom. The van der Waals surface area contributed by atoms with Gasteiger partial charge in [-0.25, -0.2) is 0 Å². The highest BCUT2D eigenvalue weighted by molar-refractivity contribution is 9.12. The minimum absolute atomic E-state index is 0.0135. The van der Waals surface area contributed by atoms with Gasteiger partial charge in [0.05, 0.1) is 18.4 Å². The van der Waals surface area contributed by atoms with Gasteiger partial charge in [0.2, 0.25) is 17.7 Å². The van der Waals surface area contributed by atoms with Crippen molar-refractivity contribution in [3.63, 3.8) is 0 Å². The van der Waals surface area contributed by atoms with Gasteiger partial charge in [-0.3, -0.25) is 19.3 Å². The fourth-order valence-electron chi connectivity index (χ4n) is 5.39. The predicted molar refractivity (Wildman–Crippen MR) is 125 cm³/mol. The van der Waals surface area contributed by atoms with Crippen LogP contribution in [0, 0.1) is 23.7 Å². The molecule has 31 heavy (non-hydrogen) atoms. The molecule has 1 heterocycles. The van der Waals surface area contributed by atoms with Crippen LogP contribution in [-0.2, 0) is 14.4 Å². The average molecular weight is 556 g/mol. The van der Waals surface area contributed by atoms with E-state index >= 15 is 0 Å². The molecule has 3 fully saturated rings. The lowest BCUT2D eigenvalue weighted by Gasteiger charge is -2.28. The summed E-state index contributed by atoms with van der Waals surface area (Å²) in [4.78, 5) is 39.9. The van der Waals surface area contributed by atoms with E-state index in [2.05, 4.69) is 37.2 Å². The second kappa shape index (κ2) is 9.61. The number of amides is 3. The lowest BCUT2D eigenvalue weighted by molar-refractivity contribution is -0.140. The Balaban J connectivity index is 1.18. The number of unbranched alkanes of at least 4 members (excludes halogenated alkanes) is 2. The van der Waals surface area contributed by atoms with Gasteiger partial charge < -0.3 is 10.1 Å². The molecule has 3 aliphatic rings. The van der Waals surface area contributed by atoms with Gasteiger partial charge in [-0.05, 0) is 62.3 Å². The number of carbonyl (C=O) groups is 3. The van der Waals surface area contributed by atoms with E-state index in [0.29, 0.717) is 19.6 Å². The highest BCUT2D eigenvalue weighted by Gasteiger charge is 2.66. The van der Waals surface area contributed by atoms with Crippen LogP contribution in [0.1, 0.15) is 39.0 Å². The molecule has 2 aliphatic carbocycles. The molecule has 3 amide bonds. The number of carbonyl (C=O) groups excluding carboxylic acids is 3. The first-order valence-corrected chi connectivity index (χ1v) is 12.9. The number of nitrogens with zero attached hydrogens (tertiary/aromatic N) is 1. The molecule has 0 radical (unpaired) electrons. The number of hydrogen-bond acceptors (Lipinski definition) is 4. The van der Waals surface area contributed by atoms with E-state index in [9.17, 15) is 14.4 Å². The maximum absolute atomic E-state index is 12.9. The van der Waals surface area contributed by atoms with Gasteiger partial charge >= 0.3 is 0 Å². The van der Waals surface area contributed by atoms with Crippen LogP contribution in [0.25, 0.3) is 0 Å². The molecule has 0 spiro atoms. The number of fused-ring (bicyclic) bond motifs is 5. The molecule has 1 N–H and O–H groups in total. The molecule has 2 saturated carbocycles. The fourth-order valence-corrected chi connectivity index (χ4v) is 7.26. The minimum Gasteiger partial charge on any atom is -0.494 e. The van der Waals surface area contributed by atoms with Crippen molar-refractivity contribution in [3.8, 4) is 5.75 Å². The molecule has 1 aliphatic heterocycles. The Bertz CT molecular complexity index is 814. The lowest BCUT2D eigenvalue weighted by atomic mass is 9.81. The van der Waals surface area contributed by atoms with Crippen LogP contribution in [0.5, 0.6) is 5.75 Å². The molecule has 168 valence electrons. The normalized spacial score (nSPS) is 31.3. The van der Waals surface area contributed by atoms with Gasteiger partial charge in [0, 0.05) is 28.3 Å². The smallest absolute Gasteiger partial charge is 0.233 e. The molecule has 0 unspecified atom stereocenters. The molecular formula is C23H28Br2N2O4. The van der Waals surface area contributed by atoms with Crippen LogP contribution >= 0.6 is 31.9 Å². The topological polar surface area (TPSA) is 75.7 Å². The molecule has 1 saturated heterocycles. The summed E-state index contributed by atoms with van der Waals surface area (Å²) in [5, 5.41) is 2.89. The van der Waals surface area contributed by atoms with Gasteiger partial charge in [-0.2, -0.15) is 0 Å². The molecular weight excluding hydrogens is 528 g/mol. The minimum atomic E-state index is -0.143. The van der Waals surface area contributed by atoms with E-state index in [-0.39, 0.29) is 51.0 Å². The zero-order valence-electron chi connectivity index (χ0n) is 17.6. The SMILES string of the molecule is CCOc1ccc(NC(=O)CCCCCN2C(=O)[C@@H]3[C@H]4C[C@@H]([C@H](Br)[C@@H]4Br)[C@@H]3C2=O)cc1. The first kappa shape index (κ1) is 22.8. The highest BCUT2D eigenvalue weighted by Crippen LogP contribution is 2.60. The Kier molecular flexibility index (Phi) is 7.06. The predicted octanol–water partition coefficient (Wildman–Crippen LogP) is 4.36. The number of hydrogen-bond donors (Lipinski definition) is 1. The monoisotopic (exact) mass is 554 g/mol. The molecule has 6 atom stereocenters. The Morgan fingerprint density at radius 1 is 1.03 bits per heavy atom. The van der Waals surface area contributed by atoms with Crippen LogP contribution < -0.4 is 10.1 Å². The third-order valence-electron chi connectivity index (χ3n) is 6.81. The van der Waals surface area contributed by atoms with Gasteiger partial charge in [-0.1, -0.05) is 38.3 Å². The molecule has 6 nitrogen and oxygen atoms in total. The summed E-state index contributed by atoms with van der Waals surface area (Å²) in [7, 11) is 0. The maximum atomic E-state index is 12.9. The summed E-state index contributed by atoms with van der Waals surface area (Å²) in [6.45, 7) is 3.00. The summed E-state index contributed by atoms with van der Waals surface area (Å²) in [5.74, 6) is 1.00. The van der Waals surface area contributed by atoms with Crippen molar-refractivity contribution in [1.82, 2.24) is 4.90 Å². The number of nitrogens with one attached hydrogen (secondary N) is 1. The quantitative estimate of drug-likeness (QED) is 0.279. The number of imide groups is 1. The Hall–Kier alpha value is -1.41. The number of alkyl halides is 2. The van der Waals surface area contributed by atoms with Crippen molar-refractivity contribution in [2.24, 2.45) is 23.7 Å². The van der Waals surface area contributed by atoms with Crippen LogP contribution in [0.2, 0.25) is 0 Å². The number of ether oxygens (including phenoxy) is 1. The van der Waals surface area contributed by atoms with E-state index in [4.69, 9.17) is 4.74 Å².